The number of hydrogen-bond donors (Lipinski definition) is 2. The third-order valence-corrected chi connectivity index (χ3v) is 4.62. The second kappa shape index (κ2) is 6.34. The standard InChI is InChI=1S/C20H12O8/c21-11-7-3-1-5-9(11)16(22)14-13(18(23)24)15-17(28-19(14)25)10-6-2-4-8-12(10)27-20(15)26/h1-8,13-14,21H,(H,23,24)/t13-,14+/m1/s1. The Morgan fingerprint density at radius 3 is 2.32 bits per heavy atom. The molecule has 140 valence electrons. The van der Waals surface area contributed by atoms with Crippen LogP contribution >= 0.6 is 0 Å². The zero-order chi connectivity index (χ0) is 20.0. The lowest BCUT2D eigenvalue weighted by Gasteiger charge is -2.28. The third-order valence-electron chi connectivity index (χ3n) is 4.62. The molecule has 28 heavy (non-hydrogen) atoms. The molecule has 2 heterocycles. The average molecular weight is 380 g/mol. The van der Waals surface area contributed by atoms with Crippen LogP contribution in [0.5, 0.6) is 11.5 Å². The minimum absolute atomic E-state index is 0.119. The number of hydrogen-bond acceptors (Lipinski definition) is 7. The molecule has 0 unspecified atom stereocenters. The molecule has 1 aromatic heterocycles. The largest absolute Gasteiger partial charge is 0.507 e. The molecule has 2 N–H and O–H groups in total. The number of rotatable bonds is 3. The second-order valence-corrected chi connectivity index (χ2v) is 6.22. The Morgan fingerprint density at radius 2 is 1.61 bits per heavy atom. The summed E-state index contributed by atoms with van der Waals surface area (Å²) in [4.78, 5) is 50.0. The molecule has 0 spiro atoms. The Morgan fingerprint density at radius 1 is 0.929 bits per heavy atom. The SMILES string of the molecule is O=C1Oc2c(c(=O)oc3ccccc23)[C@H](C(=O)O)[C@H]1C(=O)c1ccccc1O. The van der Waals surface area contributed by atoms with Crippen LogP contribution in [0.15, 0.2) is 57.7 Å². The maximum Gasteiger partial charge on any atom is 0.344 e. The van der Waals surface area contributed by atoms with E-state index in [1.807, 2.05) is 0 Å². The Labute approximate surface area is 156 Å². The number of ketones is 1. The summed E-state index contributed by atoms with van der Waals surface area (Å²) in [6.45, 7) is 0. The number of aliphatic carboxylic acids is 1. The molecular weight excluding hydrogens is 368 g/mol. The lowest BCUT2D eigenvalue weighted by Crippen LogP contribution is -2.43. The van der Waals surface area contributed by atoms with Gasteiger partial charge in [-0.2, -0.15) is 0 Å². The van der Waals surface area contributed by atoms with Crippen LogP contribution in [0, 0.1) is 5.92 Å². The van der Waals surface area contributed by atoms with E-state index in [1.54, 1.807) is 12.1 Å². The van der Waals surface area contributed by atoms with Gasteiger partial charge in [0.2, 0.25) is 0 Å². The molecule has 4 rings (SSSR count). The number of carboxylic acid groups (broad SMARTS) is 1. The highest BCUT2D eigenvalue weighted by molar-refractivity contribution is 6.14. The predicted molar refractivity (Wildman–Crippen MR) is 94.4 cm³/mol. The Bertz CT molecular complexity index is 1210. The first-order valence-corrected chi connectivity index (χ1v) is 8.22. The monoisotopic (exact) mass is 380 g/mol. The van der Waals surface area contributed by atoms with Gasteiger partial charge in [0, 0.05) is 0 Å². The fourth-order valence-corrected chi connectivity index (χ4v) is 3.35. The zero-order valence-corrected chi connectivity index (χ0v) is 14.1. The Kier molecular flexibility index (Phi) is 3.96. The highest BCUT2D eigenvalue weighted by Crippen LogP contribution is 2.42. The van der Waals surface area contributed by atoms with E-state index in [0.717, 1.165) is 0 Å². The summed E-state index contributed by atoms with van der Waals surface area (Å²) in [5, 5.41) is 19.9. The van der Waals surface area contributed by atoms with Crippen molar-refractivity contribution in [1.82, 2.24) is 0 Å². The molecule has 8 nitrogen and oxygen atoms in total. The summed E-state index contributed by atoms with van der Waals surface area (Å²) in [5.74, 6) is -7.95. The normalized spacial score (nSPS) is 18.4. The molecule has 0 radical (unpaired) electrons. The van der Waals surface area contributed by atoms with E-state index in [4.69, 9.17) is 9.15 Å². The lowest BCUT2D eigenvalue weighted by atomic mass is 9.79. The Hall–Kier alpha value is -3.94. The molecule has 1 aliphatic heterocycles. The number of ether oxygens (including phenoxy) is 1. The lowest BCUT2D eigenvalue weighted by molar-refractivity contribution is -0.148. The summed E-state index contributed by atoms with van der Waals surface area (Å²) in [7, 11) is 0. The molecule has 1 aliphatic rings. The van der Waals surface area contributed by atoms with Crippen molar-refractivity contribution in [1.29, 1.82) is 0 Å². The molecule has 0 amide bonds. The average Bonchev–Trinajstić information content (AvgIpc) is 2.67. The zero-order valence-electron chi connectivity index (χ0n) is 14.1. The first kappa shape index (κ1) is 17.5. The summed E-state index contributed by atoms with van der Waals surface area (Å²) in [5.41, 5.74) is -1.55. The van der Waals surface area contributed by atoms with Crippen LogP contribution in [0.4, 0.5) is 0 Å². The number of fused-ring (bicyclic) bond motifs is 3. The fraction of sp³-hybridized carbons (Fsp3) is 0.100. The third kappa shape index (κ3) is 2.54. The van der Waals surface area contributed by atoms with Gasteiger partial charge in [0.15, 0.2) is 11.5 Å². The summed E-state index contributed by atoms with van der Waals surface area (Å²) < 4.78 is 10.4. The molecule has 2 atom stereocenters. The minimum Gasteiger partial charge on any atom is -0.507 e. The van der Waals surface area contributed by atoms with Gasteiger partial charge in [-0.1, -0.05) is 24.3 Å². The number of carboxylic acids is 1. The maximum atomic E-state index is 12.9. The van der Waals surface area contributed by atoms with Crippen LogP contribution in [0.1, 0.15) is 21.8 Å². The molecule has 0 saturated carbocycles. The molecule has 0 fully saturated rings. The van der Waals surface area contributed by atoms with E-state index in [9.17, 15) is 29.4 Å². The van der Waals surface area contributed by atoms with E-state index >= 15 is 0 Å². The first-order chi connectivity index (χ1) is 13.4. The van der Waals surface area contributed by atoms with E-state index in [-0.39, 0.29) is 22.3 Å². The quantitative estimate of drug-likeness (QED) is 0.306. The van der Waals surface area contributed by atoms with Gasteiger partial charge in [0.05, 0.1) is 16.5 Å². The van der Waals surface area contributed by atoms with Crippen molar-refractivity contribution in [2.75, 3.05) is 0 Å². The number of carbonyl (C=O) groups excluding carboxylic acids is 2. The highest BCUT2D eigenvalue weighted by Gasteiger charge is 2.49. The number of carbonyl (C=O) groups is 3. The van der Waals surface area contributed by atoms with Crippen LogP contribution in [-0.2, 0) is 9.59 Å². The van der Waals surface area contributed by atoms with Crippen LogP contribution in [0.2, 0.25) is 0 Å². The summed E-state index contributed by atoms with van der Waals surface area (Å²) in [6.07, 6.45) is 0. The summed E-state index contributed by atoms with van der Waals surface area (Å²) in [6, 6.07) is 11.6. The van der Waals surface area contributed by atoms with Crippen LogP contribution in [-0.4, -0.2) is 27.9 Å². The molecule has 0 aliphatic carbocycles. The van der Waals surface area contributed by atoms with Crippen molar-refractivity contribution in [2.24, 2.45) is 5.92 Å². The fourth-order valence-electron chi connectivity index (χ4n) is 3.35. The topological polar surface area (TPSA) is 131 Å². The van der Waals surface area contributed by atoms with Crippen LogP contribution in [0.3, 0.4) is 0 Å². The molecule has 0 bridgehead atoms. The van der Waals surface area contributed by atoms with Gasteiger partial charge in [0.1, 0.15) is 23.2 Å². The molecule has 3 aromatic rings. The van der Waals surface area contributed by atoms with Gasteiger partial charge in [-0.05, 0) is 24.3 Å². The highest BCUT2D eigenvalue weighted by atomic mass is 16.5. The number of benzene rings is 2. The van der Waals surface area contributed by atoms with E-state index < -0.39 is 46.5 Å². The number of esters is 1. The van der Waals surface area contributed by atoms with Gasteiger partial charge < -0.3 is 19.4 Å². The van der Waals surface area contributed by atoms with Crippen molar-refractivity contribution in [3.63, 3.8) is 0 Å². The van der Waals surface area contributed by atoms with Gasteiger partial charge in [-0.25, -0.2) is 4.79 Å². The van der Waals surface area contributed by atoms with Crippen molar-refractivity contribution < 1.29 is 33.8 Å². The predicted octanol–water partition coefficient (Wildman–Crippen LogP) is 2.08. The van der Waals surface area contributed by atoms with Gasteiger partial charge in [0.25, 0.3) is 0 Å². The summed E-state index contributed by atoms with van der Waals surface area (Å²) >= 11 is 0. The van der Waals surface area contributed by atoms with E-state index in [0.29, 0.717) is 0 Å². The van der Waals surface area contributed by atoms with E-state index in [1.165, 1.54) is 36.4 Å². The maximum absolute atomic E-state index is 12.9. The first-order valence-electron chi connectivity index (χ1n) is 8.22. The number of aromatic hydroxyl groups is 1. The van der Waals surface area contributed by atoms with Crippen LogP contribution < -0.4 is 10.4 Å². The van der Waals surface area contributed by atoms with Crippen molar-refractivity contribution in [2.45, 2.75) is 5.92 Å². The molecule has 2 aromatic carbocycles. The molecule has 8 heteroatoms. The van der Waals surface area contributed by atoms with Gasteiger partial charge >= 0.3 is 17.6 Å². The number of para-hydroxylation sites is 2. The van der Waals surface area contributed by atoms with Crippen molar-refractivity contribution in [3.8, 4) is 11.5 Å². The number of phenols is 1. The van der Waals surface area contributed by atoms with Gasteiger partial charge in [-0.3, -0.25) is 14.4 Å². The van der Waals surface area contributed by atoms with Crippen LogP contribution in [0.25, 0.3) is 11.0 Å². The van der Waals surface area contributed by atoms with Gasteiger partial charge in [-0.15, -0.1) is 0 Å². The minimum atomic E-state index is -1.85. The van der Waals surface area contributed by atoms with Crippen molar-refractivity contribution in [3.05, 3.63) is 70.1 Å². The van der Waals surface area contributed by atoms with Crippen molar-refractivity contribution >= 4 is 28.7 Å². The Balaban J connectivity index is 1.95. The smallest absolute Gasteiger partial charge is 0.344 e. The second-order valence-electron chi connectivity index (χ2n) is 6.22. The number of Topliss-reactive ketones (excluding diaryl/α,β-unsaturated/α-hetero) is 1. The number of phenolic OH excluding ortho intramolecular Hbond substituents is 1. The molecule has 0 saturated heterocycles. The van der Waals surface area contributed by atoms with E-state index in [2.05, 4.69) is 0 Å². The molecular formula is C20H12O8.